The summed E-state index contributed by atoms with van der Waals surface area (Å²) in [5.74, 6) is -10.6. The van der Waals surface area contributed by atoms with Crippen LogP contribution in [0.3, 0.4) is 0 Å². The van der Waals surface area contributed by atoms with Crippen LogP contribution in [0.5, 0.6) is 0 Å². The summed E-state index contributed by atoms with van der Waals surface area (Å²) in [6, 6.07) is 2.50. The van der Waals surface area contributed by atoms with Gasteiger partial charge in [0.05, 0.1) is 84.8 Å². The van der Waals surface area contributed by atoms with Crippen molar-refractivity contribution in [1.82, 2.24) is 29.2 Å². The number of pyridine rings is 1. The van der Waals surface area contributed by atoms with Crippen molar-refractivity contribution in [1.29, 1.82) is 0 Å². The number of Topliss-reactive ketones (excluding diaryl/α,β-unsaturated/α-hetero) is 3. The molecule has 1 amide bonds. The molecule has 7 aliphatic heterocycles. The van der Waals surface area contributed by atoms with E-state index in [-0.39, 0.29) is 68.1 Å². The van der Waals surface area contributed by atoms with Gasteiger partial charge in [-0.2, -0.15) is 0 Å². The van der Waals surface area contributed by atoms with Crippen molar-refractivity contribution < 1.29 is 119 Å². The second kappa shape index (κ2) is 40.0. The van der Waals surface area contributed by atoms with Gasteiger partial charge in [-0.3, -0.25) is 43.3 Å². The number of esters is 5. The maximum atomic E-state index is 14.7. The minimum absolute atomic E-state index is 0.130. The van der Waals surface area contributed by atoms with Crippen LogP contribution in [-0.2, 0) is 116 Å². The van der Waals surface area contributed by atoms with Gasteiger partial charge in [-0.1, -0.05) is 55.4 Å². The number of likely N-dealkylation sites (N-methyl/N-ethyl adjacent to an activating group) is 2. The Morgan fingerprint density at radius 2 is 1.26 bits per heavy atom. The largest absolute Gasteiger partial charge is 0.462 e. The predicted molar refractivity (Wildman–Crippen MR) is 417 cm³/mol. The van der Waals surface area contributed by atoms with Gasteiger partial charge in [-0.25, -0.2) is 9.78 Å². The predicted octanol–water partition coefficient (Wildman–Crippen LogP) is 8.55. The molecular formula is C84H132N6O25. The van der Waals surface area contributed by atoms with Crippen LogP contribution in [-0.4, -0.2) is 276 Å². The number of carbonyl (C=O) groups is 9. The van der Waals surface area contributed by atoms with Crippen molar-refractivity contribution in [2.45, 2.75) is 323 Å². The lowest BCUT2D eigenvalue weighted by molar-refractivity contribution is -0.301. The maximum Gasteiger partial charge on any atom is 0.410 e. The van der Waals surface area contributed by atoms with Crippen LogP contribution >= 0.6 is 0 Å². The summed E-state index contributed by atoms with van der Waals surface area (Å²) in [4.78, 5) is 136. The molecule has 7 aliphatic rings. The van der Waals surface area contributed by atoms with E-state index in [1.165, 1.54) is 41.9 Å². The third kappa shape index (κ3) is 22.1. The molecule has 0 radical (unpaired) electrons. The standard InChI is InChI=1S/C43H65N5O10.C41H67NO15/c1-12-33-43(8)37(48(41(53)58-43)19-14-13-18-47-23-31(45-24-47)30-16-15-17-44-22-30)27(4)34(49)25(2)21-42(7,54-11)38(28(5)35(50)29(6)39(52)56-33)57-40-36(51)32(46(9)10)20-26(3)55-40;1-19-17-41(18-49-41)38(46)23(5)34(53-27(9)43)21(3)25(7)52-39(47)24(6)35(56-32-16-31(48-14)36(26(8)51-32)54-28(10)44)22(4)33(19)57-40-37(55-29(11)45)30(42(12)13)15-20(2)50-40/h15-17,22-29,32-33,36-38,40,51H,12-14,18-21H2,1-11H3;19-26,30-37,40H,15-18H2,1-14H3/t25-,26-,27-,28+,29-,32+,33+,36-,37-,38-,40+,42+,43-;19-,20+,21-,22+,23+,24+,25+,26-,30-,31-,32-,33-,34-,35-,36-,37+,40-,41+/m10/s1. The normalized spacial score (nSPS) is 40.1. The van der Waals surface area contributed by atoms with Crippen LogP contribution in [0.25, 0.3) is 11.3 Å². The molecule has 0 aliphatic carbocycles. The average molecular weight is 1630 g/mol. The third-order valence-corrected chi connectivity index (χ3v) is 25.0. The van der Waals surface area contributed by atoms with Gasteiger partial charge in [0, 0.05) is 114 Å². The van der Waals surface area contributed by atoms with E-state index < -0.39 is 204 Å². The van der Waals surface area contributed by atoms with Crippen LogP contribution in [0.15, 0.2) is 37.1 Å². The summed E-state index contributed by atoms with van der Waals surface area (Å²) in [7, 11) is 10.6. The van der Waals surface area contributed by atoms with Crippen LogP contribution in [0, 0.1) is 53.3 Å². The zero-order valence-corrected chi connectivity index (χ0v) is 72.3. The highest BCUT2D eigenvalue weighted by molar-refractivity contribution is 6.00. The second-order valence-electron chi connectivity index (χ2n) is 34.4. The molecular weight excluding hydrogens is 1490 g/mol. The molecule has 648 valence electrons. The monoisotopic (exact) mass is 1620 g/mol. The van der Waals surface area contributed by atoms with Crippen LogP contribution in [0.4, 0.5) is 4.79 Å². The Morgan fingerprint density at radius 1 is 0.652 bits per heavy atom. The van der Waals surface area contributed by atoms with E-state index in [0.717, 1.165) is 11.3 Å². The molecule has 1 spiro atoms. The first-order valence-corrected chi connectivity index (χ1v) is 41.1. The molecule has 2 aromatic rings. The number of rotatable bonds is 20. The van der Waals surface area contributed by atoms with Gasteiger partial charge in [0.15, 0.2) is 53.8 Å². The molecule has 31 heteroatoms. The van der Waals surface area contributed by atoms with Gasteiger partial charge < -0.3 is 95.4 Å². The number of methoxy groups -OCH3 is 2. The lowest BCUT2D eigenvalue weighted by atomic mass is 9.73. The SMILES string of the molecule is CC[C@@H]1OC(=O)[C@H](C)C(=O)[C@H](C)[C@@H](O[C@@H]2O[C@H](C)C[C@H](N(C)C)[C@H]2O)[C@@](C)(OC)C[C@@H](C)C(=O)[C@@H](C)[C@H]2N(CCCCn3cnc(-c4cccnc4)c3)C(=O)O[C@]12C.CO[C@H]1C[C@H](O[C@H]2[C@H](C)[C@@H](O[C@@H]3O[C@H](C)C[C@H](N(C)C)[C@H]3OC(C)=O)[C@@H](C)C[C@@]3(CO3)C(=O)[C@H](C)[C@@H](OC(C)=O)[C@@H](C)[C@@H](C)OC(=O)[C@@H]2C)O[C@@H](C)[C@@H]1OC(C)=O. The molecule has 0 unspecified atom stereocenters. The number of aliphatic hydroxyl groups excluding tert-OH is 1. The fraction of sp³-hybridized carbons (Fsp3) is 0.798. The smallest absolute Gasteiger partial charge is 0.410 e. The summed E-state index contributed by atoms with van der Waals surface area (Å²) >= 11 is 0. The van der Waals surface area contributed by atoms with Gasteiger partial charge in [0.2, 0.25) is 0 Å². The van der Waals surface area contributed by atoms with E-state index in [9.17, 15) is 48.3 Å². The lowest BCUT2D eigenvalue weighted by Gasteiger charge is -2.47. The minimum Gasteiger partial charge on any atom is -0.462 e. The Hall–Kier alpha value is -6.49. The van der Waals surface area contributed by atoms with E-state index in [0.29, 0.717) is 38.8 Å². The summed E-state index contributed by atoms with van der Waals surface area (Å²) in [6.07, 6.45) is -2.90. The summed E-state index contributed by atoms with van der Waals surface area (Å²) in [5, 5.41) is 11.4. The second-order valence-corrected chi connectivity index (χ2v) is 34.4. The Morgan fingerprint density at radius 3 is 1.84 bits per heavy atom. The number of aliphatic hydroxyl groups is 1. The fourth-order valence-electron chi connectivity index (χ4n) is 18.4. The van der Waals surface area contributed by atoms with E-state index >= 15 is 0 Å². The first-order valence-electron chi connectivity index (χ1n) is 41.1. The van der Waals surface area contributed by atoms with Crippen molar-refractivity contribution in [2.75, 3.05) is 55.6 Å². The third-order valence-electron chi connectivity index (χ3n) is 25.0. The zero-order chi connectivity index (χ0) is 85.4. The highest BCUT2D eigenvalue weighted by atomic mass is 16.7. The molecule has 0 aromatic carbocycles. The molecule has 7 saturated heterocycles. The number of hydrogen-bond donors (Lipinski definition) is 1. The number of nitrogens with zero attached hydrogens (tertiary/aromatic N) is 6. The maximum absolute atomic E-state index is 14.7. The number of aryl methyl sites for hydroxylation is 1. The van der Waals surface area contributed by atoms with Crippen molar-refractivity contribution >= 4 is 53.3 Å². The number of amides is 1. The molecule has 0 saturated carbocycles. The molecule has 9 heterocycles. The summed E-state index contributed by atoms with van der Waals surface area (Å²) < 4.78 is 94.7. The first kappa shape index (κ1) is 94.0. The number of carbonyl (C=O) groups excluding carboxylic acids is 9. The van der Waals surface area contributed by atoms with E-state index in [4.69, 9.17) is 71.1 Å². The Kier molecular flexibility index (Phi) is 32.7. The van der Waals surface area contributed by atoms with Crippen LogP contribution in [0.2, 0.25) is 0 Å². The molecule has 31 nitrogen and oxygen atoms in total. The van der Waals surface area contributed by atoms with E-state index in [1.54, 1.807) is 85.9 Å². The number of hydrogen-bond acceptors (Lipinski definition) is 29. The minimum atomic E-state index is -1.40. The van der Waals surface area contributed by atoms with Crippen molar-refractivity contribution in [3.63, 3.8) is 0 Å². The molecule has 7 fully saturated rings. The number of epoxide rings is 1. The van der Waals surface area contributed by atoms with Crippen molar-refractivity contribution in [3.05, 3.63) is 37.1 Å². The zero-order valence-electron chi connectivity index (χ0n) is 72.3. The van der Waals surface area contributed by atoms with Crippen molar-refractivity contribution in [2.24, 2.45) is 53.3 Å². The molecule has 1 N–H and O–H groups in total. The number of imidazole rings is 1. The number of ketones is 3. The average Bonchev–Trinajstić information content (AvgIpc) is 1.63. The first-order chi connectivity index (χ1) is 54.0. The molecule has 9 rings (SSSR count). The Balaban J connectivity index is 0.000000288. The molecule has 0 bridgehead atoms. The van der Waals surface area contributed by atoms with Crippen LogP contribution < -0.4 is 0 Å². The molecule has 31 atom stereocenters. The lowest BCUT2D eigenvalue weighted by Crippen LogP contribution is -2.60. The summed E-state index contributed by atoms with van der Waals surface area (Å²) in [5.41, 5.74) is -2.13. The quantitative estimate of drug-likeness (QED) is 0.0426. The van der Waals surface area contributed by atoms with Gasteiger partial charge >= 0.3 is 35.9 Å². The highest BCUT2D eigenvalue weighted by Gasteiger charge is 2.62. The highest BCUT2D eigenvalue weighted by Crippen LogP contribution is 2.47. The van der Waals surface area contributed by atoms with Gasteiger partial charge in [-0.05, 0) is 147 Å². The number of fused-ring (bicyclic) bond motifs is 1. The molecule has 115 heavy (non-hydrogen) atoms. The summed E-state index contributed by atoms with van der Waals surface area (Å²) in [6.45, 7) is 33.4. The number of unbranched alkanes of at least 4 members (excludes halogenated alkanes) is 1. The Bertz CT molecular complexity index is 3620. The molecule has 2 aromatic heterocycles. The van der Waals surface area contributed by atoms with Crippen LogP contribution in [0.1, 0.15) is 183 Å². The number of ether oxygens (including phenoxy) is 15. The number of cyclic esters (lactones) is 2. The van der Waals surface area contributed by atoms with Gasteiger partial charge in [-0.15, -0.1) is 0 Å². The Labute approximate surface area is 678 Å². The van der Waals surface area contributed by atoms with Gasteiger partial charge in [0.1, 0.15) is 42.2 Å². The van der Waals surface area contributed by atoms with Crippen molar-refractivity contribution in [3.8, 4) is 11.3 Å². The van der Waals surface area contributed by atoms with E-state index in [1.807, 2.05) is 102 Å². The number of aromatic nitrogens is 3. The van der Waals surface area contributed by atoms with Gasteiger partial charge in [0.25, 0.3) is 0 Å². The fourth-order valence-corrected chi connectivity index (χ4v) is 18.4. The van der Waals surface area contributed by atoms with E-state index in [2.05, 4.69) is 9.97 Å². The topological polar surface area (TPSA) is 356 Å².